The number of ether oxygens (including phenoxy) is 3. The largest absolute Gasteiger partial charge is 0.496 e. The molecule has 115 valence electrons. The molecule has 1 radical (unpaired) electrons. The van der Waals surface area contributed by atoms with Gasteiger partial charge in [0.15, 0.2) is 11.5 Å². The molecule has 0 saturated carbocycles. The van der Waals surface area contributed by atoms with Gasteiger partial charge in [0.2, 0.25) is 0 Å². The first-order valence-corrected chi connectivity index (χ1v) is 7.95. The van der Waals surface area contributed by atoms with Crippen LogP contribution in [0.15, 0.2) is 30.3 Å². The normalized spacial score (nSPS) is 9.71. The molecule has 2 aromatic rings. The number of hydrogen-bond acceptors (Lipinski definition) is 3. The molecule has 0 aliphatic carbocycles. The topological polar surface area (TPSA) is 27.7 Å². The molecule has 0 heterocycles. The molecule has 0 aliphatic rings. The van der Waals surface area contributed by atoms with Gasteiger partial charge in [0.05, 0.1) is 27.1 Å². The Labute approximate surface area is 144 Å². The van der Waals surface area contributed by atoms with Crippen LogP contribution in [-0.2, 0) is 16.8 Å². The van der Waals surface area contributed by atoms with E-state index in [9.17, 15) is 4.39 Å². The molecule has 0 N–H and O–H groups in total. The zero-order chi connectivity index (χ0) is 14.5. The van der Waals surface area contributed by atoms with Crippen LogP contribution in [-0.4, -0.2) is 21.3 Å². The minimum atomic E-state index is -0.768. The Morgan fingerprint density at radius 3 is 2.14 bits per heavy atom. The van der Waals surface area contributed by atoms with E-state index in [0.29, 0.717) is 20.8 Å². The smallest absolute Gasteiger partial charge is 0.341 e. The van der Waals surface area contributed by atoms with Crippen LogP contribution in [0.2, 0.25) is 0 Å². The van der Waals surface area contributed by atoms with Gasteiger partial charge in [-0.1, -0.05) is 0 Å². The van der Waals surface area contributed by atoms with Crippen LogP contribution in [0.25, 0.3) is 0 Å². The van der Waals surface area contributed by atoms with Gasteiger partial charge in [-0.2, -0.15) is 12.1 Å². The maximum Gasteiger partial charge on any atom is 0.341 e. The summed E-state index contributed by atoms with van der Waals surface area (Å²) >= 11 is -0.768. The SMILES string of the molecule is COc1cc(OC)c([I+]c2cc[c-]cc2F)c(OC)c1.[Co]. The van der Waals surface area contributed by atoms with E-state index in [1.807, 2.05) is 0 Å². The van der Waals surface area contributed by atoms with Crippen molar-refractivity contribution in [3.8, 4) is 17.2 Å². The van der Waals surface area contributed by atoms with E-state index in [4.69, 9.17) is 14.2 Å². The van der Waals surface area contributed by atoms with E-state index >= 15 is 0 Å². The van der Waals surface area contributed by atoms with E-state index < -0.39 is 21.2 Å². The van der Waals surface area contributed by atoms with Gasteiger partial charge < -0.3 is 14.2 Å². The van der Waals surface area contributed by atoms with Crippen molar-refractivity contribution in [3.05, 3.63) is 49.4 Å². The van der Waals surface area contributed by atoms with Gasteiger partial charge in [-0.25, -0.2) is 0 Å². The Bertz CT molecular complexity index is 582. The van der Waals surface area contributed by atoms with Crippen molar-refractivity contribution < 1.29 is 56.6 Å². The third-order valence-electron chi connectivity index (χ3n) is 2.62. The van der Waals surface area contributed by atoms with Gasteiger partial charge in [-0.15, -0.1) is 12.1 Å². The van der Waals surface area contributed by atoms with Crippen molar-refractivity contribution in [1.82, 2.24) is 0 Å². The summed E-state index contributed by atoms with van der Waals surface area (Å²) in [5.74, 6) is 1.70. The Morgan fingerprint density at radius 1 is 1.05 bits per heavy atom. The molecule has 0 aromatic heterocycles. The Morgan fingerprint density at radius 2 is 1.67 bits per heavy atom. The molecule has 0 aliphatic heterocycles. The van der Waals surface area contributed by atoms with Crippen LogP contribution in [0.5, 0.6) is 17.2 Å². The third-order valence-corrected chi connectivity index (χ3v) is 5.67. The minimum absolute atomic E-state index is 0. The molecule has 0 fully saturated rings. The second kappa shape index (κ2) is 8.45. The molecule has 2 rings (SSSR count). The third kappa shape index (κ3) is 4.24. The summed E-state index contributed by atoms with van der Waals surface area (Å²) in [6.07, 6.45) is 0. The van der Waals surface area contributed by atoms with Gasteiger partial charge in [0.25, 0.3) is 3.57 Å². The summed E-state index contributed by atoms with van der Waals surface area (Å²) in [7, 11) is 4.74. The molecule has 0 atom stereocenters. The van der Waals surface area contributed by atoms with Crippen molar-refractivity contribution in [3.63, 3.8) is 0 Å². The van der Waals surface area contributed by atoms with Crippen LogP contribution in [0.4, 0.5) is 4.39 Å². The summed E-state index contributed by atoms with van der Waals surface area (Å²) in [6.45, 7) is 0. The number of hydrogen-bond donors (Lipinski definition) is 0. The Hall–Kier alpha value is -0.994. The fraction of sp³-hybridized carbons (Fsp3) is 0.200. The summed E-state index contributed by atoms with van der Waals surface area (Å²) in [5, 5.41) is 0. The average molecular weight is 447 g/mol. The molecule has 0 spiro atoms. The number of benzene rings is 2. The van der Waals surface area contributed by atoms with Crippen LogP contribution < -0.4 is 35.4 Å². The number of methoxy groups -OCH3 is 3. The summed E-state index contributed by atoms with van der Waals surface area (Å²) in [4.78, 5) is 0. The molecule has 3 nitrogen and oxygen atoms in total. The predicted octanol–water partition coefficient (Wildman–Crippen LogP) is -0.222. The van der Waals surface area contributed by atoms with Crippen LogP contribution in [0.3, 0.4) is 0 Å². The molecule has 0 bridgehead atoms. The van der Waals surface area contributed by atoms with Crippen LogP contribution >= 0.6 is 0 Å². The van der Waals surface area contributed by atoms with E-state index in [1.165, 1.54) is 6.07 Å². The second-order valence-corrected chi connectivity index (χ2v) is 6.56. The Kier molecular flexibility index (Phi) is 7.27. The van der Waals surface area contributed by atoms with E-state index in [1.54, 1.807) is 45.6 Å². The van der Waals surface area contributed by atoms with Crippen LogP contribution in [0.1, 0.15) is 0 Å². The zero-order valence-electron chi connectivity index (χ0n) is 11.7. The first-order chi connectivity index (χ1) is 9.69. The quantitative estimate of drug-likeness (QED) is 0.469. The van der Waals surface area contributed by atoms with Gasteiger partial charge in [-0.05, 0) is 0 Å². The maximum atomic E-state index is 13.8. The van der Waals surface area contributed by atoms with E-state index in [2.05, 4.69) is 6.07 Å². The number of rotatable bonds is 5. The molecular formula is C15H14CoFIO3. The number of halogens is 2. The summed E-state index contributed by atoms with van der Waals surface area (Å²) in [5.41, 5.74) is 0. The molecular weight excluding hydrogens is 433 g/mol. The van der Waals surface area contributed by atoms with Gasteiger partial charge in [0.1, 0.15) is 9.32 Å². The van der Waals surface area contributed by atoms with Crippen molar-refractivity contribution >= 4 is 0 Å². The van der Waals surface area contributed by atoms with Crippen molar-refractivity contribution in [2.24, 2.45) is 0 Å². The van der Waals surface area contributed by atoms with E-state index in [0.717, 1.165) is 3.57 Å². The van der Waals surface area contributed by atoms with Crippen molar-refractivity contribution in [2.45, 2.75) is 0 Å². The van der Waals surface area contributed by atoms with Gasteiger partial charge in [-0.3, -0.25) is 4.39 Å². The predicted molar refractivity (Wildman–Crippen MR) is 68.7 cm³/mol. The second-order valence-electron chi connectivity index (χ2n) is 3.78. The van der Waals surface area contributed by atoms with Gasteiger partial charge >= 0.3 is 21.2 Å². The monoisotopic (exact) mass is 447 g/mol. The van der Waals surface area contributed by atoms with Crippen molar-refractivity contribution in [2.75, 3.05) is 21.3 Å². The summed E-state index contributed by atoms with van der Waals surface area (Å²) in [6, 6.07) is 11.1. The first-order valence-electron chi connectivity index (χ1n) is 5.80. The molecule has 0 unspecified atom stereocenters. The average Bonchev–Trinajstić information content (AvgIpc) is 2.49. The fourth-order valence-corrected chi connectivity index (χ4v) is 4.26. The van der Waals surface area contributed by atoms with Gasteiger partial charge in [0, 0.05) is 28.9 Å². The van der Waals surface area contributed by atoms with E-state index in [-0.39, 0.29) is 22.6 Å². The fourth-order valence-electron chi connectivity index (χ4n) is 1.63. The molecule has 2 aromatic carbocycles. The molecule has 0 saturated heterocycles. The van der Waals surface area contributed by atoms with Crippen molar-refractivity contribution in [1.29, 1.82) is 0 Å². The first kappa shape index (κ1) is 18.1. The van der Waals surface area contributed by atoms with Crippen LogP contribution in [0, 0.1) is 19.0 Å². The molecule has 21 heavy (non-hydrogen) atoms. The molecule has 0 amide bonds. The maximum absolute atomic E-state index is 13.8. The minimum Gasteiger partial charge on any atom is -0.496 e. The zero-order valence-corrected chi connectivity index (χ0v) is 14.9. The Balaban J connectivity index is 0.00000220. The summed E-state index contributed by atoms with van der Waals surface area (Å²) < 4.78 is 31.3. The molecule has 6 heteroatoms. The standard InChI is InChI=1S/C15H14FIO3.Co/c1-18-10-8-13(19-2)15(14(9-10)20-3)17-12-7-5-4-6-11(12)16;/h5-9H,1-3H3;.